The first-order valence-electron chi connectivity index (χ1n) is 7.33. The molecule has 3 heterocycles. The van der Waals surface area contributed by atoms with Crippen LogP contribution in [-0.2, 0) is 9.84 Å². The zero-order valence-electron chi connectivity index (χ0n) is 12.3. The van der Waals surface area contributed by atoms with Crippen LogP contribution in [0.3, 0.4) is 0 Å². The molecule has 1 saturated heterocycles. The number of benzene rings is 1. The third-order valence-electron chi connectivity index (χ3n) is 3.94. The van der Waals surface area contributed by atoms with Crippen LogP contribution in [0.2, 0.25) is 0 Å². The zero-order chi connectivity index (χ0) is 15.9. The fraction of sp³-hybridized carbons (Fsp3) is 0.267. The maximum Gasteiger partial charge on any atom is 0.168 e. The third-order valence-corrected chi connectivity index (χ3v) is 5.71. The Balaban J connectivity index is 1.71. The summed E-state index contributed by atoms with van der Waals surface area (Å²) in [5, 5.41) is 8.38. The minimum absolute atomic E-state index is 0.113. The van der Waals surface area contributed by atoms with Crippen LogP contribution in [0.4, 0.5) is 5.82 Å². The highest BCUT2D eigenvalue weighted by Gasteiger charge is 2.28. The smallest absolute Gasteiger partial charge is 0.168 e. The van der Waals surface area contributed by atoms with E-state index in [1.807, 2.05) is 30.3 Å². The van der Waals surface area contributed by atoms with Crippen molar-refractivity contribution in [1.82, 2.24) is 19.7 Å². The Kier molecular flexibility index (Phi) is 3.26. The van der Waals surface area contributed by atoms with E-state index in [-0.39, 0.29) is 17.5 Å². The Morgan fingerprint density at radius 1 is 1.17 bits per heavy atom. The molecular formula is C15H15N5O2S. The van der Waals surface area contributed by atoms with E-state index in [0.717, 1.165) is 11.1 Å². The molecule has 23 heavy (non-hydrogen) atoms. The number of para-hydroxylation sites is 1. The Morgan fingerprint density at radius 2 is 2.00 bits per heavy atom. The van der Waals surface area contributed by atoms with E-state index in [1.165, 1.54) is 6.33 Å². The number of sulfone groups is 1. The number of aromatic nitrogens is 4. The van der Waals surface area contributed by atoms with Crippen LogP contribution in [0, 0.1) is 0 Å². The van der Waals surface area contributed by atoms with E-state index in [2.05, 4.69) is 20.4 Å². The summed E-state index contributed by atoms with van der Waals surface area (Å²) in [5.41, 5.74) is 1.60. The molecule has 0 spiro atoms. The molecule has 1 fully saturated rings. The predicted octanol–water partition coefficient (Wildman–Crippen LogP) is 1.41. The molecule has 7 nitrogen and oxygen atoms in total. The number of rotatable bonds is 3. The maximum atomic E-state index is 11.6. The molecule has 1 aromatic carbocycles. The van der Waals surface area contributed by atoms with Gasteiger partial charge in [0.25, 0.3) is 0 Å². The summed E-state index contributed by atoms with van der Waals surface area (Å²) in [5.74, 6) is 0.993. The lowest BCUT2D eigenvalue weighted by Crippen LogP contribution is -2.21. The number of nitrogens with one attached hydrogen (secondary N) is 1. The molecule has 1 unspecified atom stereocenters. The Morgan fingerprint density at radius 3 is 2.74 bits per heavy atom. The molecule has 0 bridgehead atoms. The van der Waals surface area contributed by atoms with E-state index >= 15 is 0 Å². The molecule has 0 saturated carbocycles. The van der Waals surface area contributed by atoms with Crippen LogP contribution in [0.5, 0.6) is 0 Å². The molecule has 1 atom stereocenters. The molecule has 4 rings (SSSR count). The van der Waals surface area contributed by atoms with Crippen molar-refractivity contribution in [2.45, 2.75) is 12.5 Å². The number of nitrogens with zero attached hydrogens (tertiary/aromatic N) is 4. The molecule has 118 valence electrons. The maximum absolute atomic E-state index is 11.6. The summed E-state index contributed by atoms with van der Waals surface area (Å²) in [4.78, 5) is 8.57. The Hall–Kier alpha value is -2.48. The van der Waals surface area contributed by atoms with Gasteiger partial charge in [0.1, 0.15) is 12.1 Å². The fourth-order valence-electron chi connectivity index (χ4n) is 2.82. The Bertz CT molecular complexity index is 952. The van der Waals surface area contributed by atoms with Gasteiger partial charge in [0.15, 0.2) is 15.5 Å². The SMILES string of the molecule is O=S1(=O)CCC(Nc2ncnc3c2cnn3-c2ccccc2)C1. The number of hydrogen-bond donors (Lipinski definition) is 1. The lowest BCUT2D eigenvalue weighted by molar-refractivity contribution is 0.602. The molecule has 0 amide bonds. The molecule has 0 radical (unpaired) electrons. The van der Waals surface area contributed by atoms with Crippen LogP contribution in [0.15, 0.2) is 42.9 Å². The first-order valence-corrected chi connectivity index (χ1v) is 9.16. The highest BCUT2D eigenvalue weighted by atomic mass is 32.2. The van der Waals surface area contributed by atoms with Crippen molar-refractivity contribution in [1.29, 1.82) is 0 Å². The van der Waals surface area contributed by atoms with Crippen molar-refractivity contribution in [3.8, 4) is 5.69 Å². The van der Waals surface area contributed by atoms with Gasteiger partial charge in [0, 0.05) is 6.04 Å². The predicted molar refractivity (Wildman–Crippen MR) is 87.3 cm³/mol. The number of fused-ring (bicyclic) bond motifs is 1. The van der Waals surface area contributed by atoms with E-state index in [9.17, 15) is 8.42 Å². The summed E-state index contributed by atoms with van der Waals surface area (Å²) in [6.07, 6.45) is 3.77. The standard InChI is InChI=1S/C15H15N5O2S/c21-23(22)7-6-11(9-23)19-14-13-8-18-20(15(13)17-10-16-14)12-4-2-1-3-5-12/h1-5,8,10-11H,6-7,9H2,(H,16,17,19). The first-order chi connectivity index (χ1) is 11.1. The molecule has 1 aliphatic heterocycles. The van der Waals surface area contributed by atoms with Gasteiger partial charge in [-0.15, -0.1) is 0 Å². The summed E-state index contributed by atoms with van der Waals surface area (Å²) < 4.78 is 24.9. The van der Waals surface area contributed by atoms with Gasteiger partial charge in [0.05, 0.1) is 28.8 Å². The monoisotopic (exact) mass is 329 g/mol. The van der Waals surface area contributed by atoms with Gasteiger partial charge < -0.3 is 5.32 Å². The van der Waals surface area contributed by atoms with Crippen molar-refractivity contribution >= 4 is 26.7 Å². The van der Waals surface area contributed by atoms with Crippen molar-refractivity contribution in [3.05, 3.63) is 42.9 Å². The van der Waals surface area contributed by atoms with E-state index < -0.39 is 9.84 Å². The Labute approximate surface area is 133 Å². The lowest BCUT2D eigenvalue weighted by Gasteiger charge is -2.11. The van der Waals surface area contributed by atoms with E-state index in [1.54, 1.807) is 10.9 Å². The summed E-state index contributed by atoms with van der Waals surface area (Å²) in [6.45, 7) is 0. The van der Waals surface area contributed by atoms with Gasteiger partial charge in [0.2, 0.25) is 0 Å². The summed E-state index contributed by atoms with van der Waals surface area (Å²) in [6, 6.07) is 9.60. The highest BCUT2D eigenvalue weighted by molar-refractivity contribution is 7.91. The van der Waals surface area contributed by atoms with Gasteiger partial charge in [-0.1, -0.05) is 18.2 Å². The van der Waals surface area contributed by atoms with Gasteiger partial charge in [-0.25, -0.2) is 23.1 Å². The van der Waals surface area contributed by atoms with Gasteiger partial charge in [-0.3, -0.25) is 0 Å². The molecule has 1 N–H and O–H groups in total. The molecule has 1 aliphatic rings. The lowest BCUT2D eigenvalue weighted by atomic mass is 10.2. The average Bonchev–Trinajstić information content (AvgIpc) is 3.12. The van der Waals surface area contributed by atoms with Crippen molar-refractivity contribution in [2.24, 2.45) is 0 Å². The average molecular weight is 329 g/mol. The molecule has 3 aromatic rings. The van der Waals surface area contributed by atoms with Crippen molar-refractivity contribution < 1.29 is 8.42 Å². The summed E-state index contributed by atoms with van der Waals surface area (Å²) in [7, 11) is -2.93. The summed E-state index contributed by atoms with van der Waals surface area (Å²) >= 11 is 0. The largest absolute Gasteiger partial charge is 0.366 e. The van der Waals surface area contributed by atoms with E-state index in [0.29, 0.717) is 17.9 Å². The quantitative estimate of drug-likeness (QED) is 0.781. The first kappa shape index (κ1) is 14.1. The van der Waals surface area contributed by atoms with Crippen molar-refractivity contribution in [2.75, 3.05) is 16.8 Å². The normalized spacial score (nSPS) is 19.9. The van der Waals surface area contributed by atoms with Gasteiger partial charge in [-0.2, -0.15) is 5.10 Å². The van der Waals surface area contributed by atoms with Crippen LogP contribution in [0.1, 0.15) is 6.42 Å². The van der Waals surface area contributed by atoms with Crippen LogP contribution in [0.25, 0.3) is 16.7 Å². The highest BCUT2D eigenvalue weighted by Crippen LogP contribution is 2.24. The number of hydrogen-bond acceptors (Lipinski definition) is 6. The zero-order valence-corrected chi connectivity index (χ0v) is 13.1. The minimum Gasteiger partial charge on any atom is -0.366 e. The molecule has 2 aromatic heterocycles. The van der Waals surface area contributed by atoms with E-state index in [4.69, 9.17) is 0 Å². The van der Waals surface area contributed by atoms with Gasteiger partial charge >= 0.3 is 0 Å². The second-order valence-electron chi connectivity index (χ2n) is 5.60. The minimum atomic E-state index is -2.93. The van der Waals surface area contributed by atoms with Crippen LogP contribution < -0.4 is 5.32 Å². The number of anilines is 1. The van der Waals surface area contributed by atoms with Crippen LogP contribution >= 0.6 is 0 Å². The molecular weight excluding hydrogens is 314 g/mol. The van der Waals surface area contributed by atoms with Gasteiger partial charge in [-0.05, 0) is 18.6 Å². The molecule has 0 aliphatic carbocycles. The molecule has 8 heteroatoms. The fourth-order valence-corrected chi connectivity index (χ4v) is 4.49. The second kappa shape index (κ2) is 5.31. The van der Waals surface area contributed by atoms with Crippen molar-refractivity contribution in [3.63, 3.8) is 0 Å². The van der Waals surface area contributed by atoms with Crippen LogP contribution in [-0.4, -0.2) is 45.7 Å². The topological polar surface area (TPSA) is 89.8 Å². The second-order valence-corrected chi connectivity index (χ2v) is 7.82. The third kappa shape index (κ3) is 2.65.